The van der Waals surface area contributed by atoms with Gasteiger partial charge in [-0.15, -0.1) is 29.5 Å². The second-order valence-corrected chi connectivity index (χ2v) is 4.29. The van der Waals surface area contributed by atoms with Crippen molar-refractivity contribution >= 4 is 36.2 Å². The molecule has 0 aliphatic rings. The van der Waals surface area contributed by atoms with Crippen LogP contribution >= 0.6 is 24.8 Å². The number of halogens is 3. The van der Waals surface area contributed by atoms with Crippen LogP contribution in [-0.2, 0) is 20.0 Å². The fraction of sp³-hybridized carbons (Fsp3) is 0.308. The van der Waals surface area contributed by atoms with E-state index in [0.717, 1.165) is 36.3 Å². The van der Waals surface area contributed by atoms with Gasteiger partial charge in [0, 0.05) is 17.4 Å². The summed E-state index contributed by atoms with van der Waals surface area (Å²) in [6, 6.07) is 7.71. The van der Waals surface area contributed by atoms with Crippen LogP contribution in [0.25, 0.3) is 0 Å². The van der Waals surface area contributed by atoms with Crippen LogP contribution in [0.4, 0.5) is 11.4 Å². The lowest BCUT2D eigenvalue weighted by molar-refractivity contribution is -0.753. The molecule has 0 aliphatic carbocycles. The van der Waals surface area contributed by atoms with Crippen molar-refractivity contribution in [2.45, 2.75) is 19.4 Å². The van der Waals surface area contributed by atoms with Crippen LogP contribution in [0.3, 0.4) is 0 Å². The van der Waals surface area contributed by atoms with E-state index >= 15 is 0 Å². The minimum absolute atomic E-state index is 0. The van der Waals surface area contributed by atoms with Crippen molar-refractivity contribution in [1.82, 2.24) is 4.68 Å². The molecule has 1 aromatic heterocycles. The van der Waals surface area contributed by atoms with Gasteiger partial charge in [0.2, 0.25) is 0 Å². The number of benzene rings is 1. The maximum absolute atomic E-state index is 5.91. The molecule has 0 bridgehead atoms. The highest BCUT2D eigenvalue weighted by Gasteiger charge is 2.03. The quantitative estimate of drug-likeness (QED) is 0.552. The Balaban J connectivity index is 0. The first-order valence-electron chi connectivity index (χ1n) is 5.82. The highest BCUT2D eigenvalue weighted by molar-refractivity contribution is 5.85. The van der Waals surface area contributed by atoms with E-state index in [1.807, 2.05) is 37.5 Å². The van der Waals surface area contributed by atoms with Crippen molar-refractivity contribution in [3.05, 3.63) is 42.2 Å². The first-order chi connectivity index (χ1) is 8.16. The van der Waals surface area contributed by atoms with Crippen molar-refractivity contribution in [3.8, 4) is 0 Å². The number of nitrogen functional groups attached to an aromatic ring is 2. The summed E-state index contributed by atoms with van der Waals surface area (Å²) in [6.45, 7) is 0.984. The normalized spacial score (nSPS) is 9.05. The highest BCUT2D eigenvalue weighted by atomic mass is 35.5. The predicted molar refractivity (Wildman–Crippen MR) is 83.7 cm³/mol. The summed E-state index contributed by atoms with van der Waals surface area (Å²) in [4.78, 5) is 0. The van der Waals surface area contributed by atoms with Crippen LogP contribution < -0.4 is 28.6 Å². The molecule has 0 saturated carbocycles. The van der Waals surface area contributed by atoms with Gasteiger partial charge in [0.25, 0.3) is 0 Å². The van der Waals surface area contributed by atoms with Crippen LogP contribution in [0, 0.1) is 0 Å². The molecule has 0 amide bonds. The maximum atomic E-state index is 5.91. The summed E-state index contributed by atoms with van der Waals surface area (Å²) < 4.78 is 4.24. The summed E-state index contributed by atoms with van der Waals surface area (Å²) in [7, 11) is 2.04. The number of aryl methyl sites for hydroxylation is 3. The average molecular weight is 340 g/mol. The number of hydrogen-bond acceptors (Lipinski definition) is 2. The lowest BCUT2D eigenvalue weighted by atomic mass is 10.1. The molecular formula is C13H21Cl3N4. The first-order valence-corrected chi connectivity index (χ1v) is 5.82. The van der Waals surface area contributed by atoms with Crippen LogP contribution in [0.15, 0.2) is 36.7 Å². The fourth-order valence-corrected chi connectivity index (χ4v) is 1.96. The van der Waals surface area contributed by atoms with Gasteiger partial charge in [0.1, 0.15) is 0 Å². The largest absolute Gasteiger partial charge is 1.00 e. The molecule has 0 saturated heterocycles. The SMILES string of the molecule is C[n+]1cccn1CCCc1cc(N)ccc1N.Cl.Cl.[Cl-]. The number of hydrogen-bond donors (Lipinski definition) is 2. The molecule has 4 N–H and O–H groups in total. The zero-order valence-electron chi connectivity index (χ0n) is 11.3. The molecule has 2 aromatic rings. The number of aromatic nitrogens is 2. The Labute approximate surface area is 138 Å². The highest BCUT2D eigenvalue weighted by Crippen LogP contribution is 2.17. The minimum Gasteiger partial charge on any atom is -1.00 e. The Morgan fingerprint density at radius 1 is 1.20 bits per heavy atom. The van der Waals surface area contributed by atoms with E-state index in [9.17, 15) is 0 Å². The molecule has 0 spiro atoms. The van der Waals surface area contributed by atoms with Gasteiger partial charge in [-0.05, 0) is 36.6 Å². The predicted octanol–water partition coefficient (Wildman–Crippen LogP) is -1.04. The van der Waals surface area contributed by atoms with Crippen molar-refractivity contribution < 1.29 is 17.1 Å². The van der Waals surface area contributed by atoms with Gasteiger partial charge < -0.3 is 23.9 Å². The van der Waals surface area contributed by atoms with Crippen LogP contribution in [0.2, 0.25) is 0 Å². The summed E-state index contributed by atoms with van der Waals surface area (Å²) in [5.41, 5.74) is 14.4. The molecule has 0 radical (unpaired) electrons. The summed E-state index contributed by atoms with van der Waals surface area (Å²) >= 11 is 0. The van der Waals surface area contributed by atoms with Crippen LogP contribution in [0.1, 0.15) is 12.0 Å². The minimum atomic E-state index is 0. The number of anilines is 2. The van der Waals surface area contributed by atoms with Gasteiger partial charge in [0.15, 0.2) is 13.2 Å². The lowest BCUT2D eigenvalue weighted by Gasteiger charge is -2.06. The third-order valence-electron chi connectivity index (χ3n) is 2.97. The third kappa shape index (κ3) is 5.49. The van der Waals surface area contributed by atoms with Gasteiger partial charge in [-0.3, -0.25) is 0 Å². The van der Waals surface area contributed by atoms with Crippen molar-refractivity contribution in [1.29, 1.82) is 0 Å². The molecule has 1 aromatic carbocycles. The molecule has 2 rings (SSSR count). The Kier molecular flexibility index (Phi) is 10.3. The molecule has 0 unspecified atom stereocenters. The molecular weight excluding hydrogens is 319 g/mol. The van der Waals surface area contributed by atoms with E-state index in [0.29, 0.717) is 0 Å². The second-order valence-electron chi connectivity index (χ2n) is 4.29. The molecule has 0 aliphatic heterocycles. The second kappa shape index (κ2) is 9.75. The van der Waals surface area contributed by atoms with Gasteiger partial charge in [-0.2, -0.15) is 4.68 Å². The Bertz CT molecular complexity index is 514. The van der Waals surface area contributed by atoms with Crippen LogP contribution in [0.5, 0.6) is 0 Å². The maximum Gasteiger partial charge on any atom is 0.195 e. The molecule has 0 atom stereocenters. The van der Waals surface area contributed by atoms with E-state index in [-0.39, 0.29) is 37.2 Å². The zero-order chi connectivity index (χ0) is 12.3. The monoisotopic (exact) mass is 338 g/mol. The van der Waals surface area contributed by atoms with Gasteiger partial charge in [0.05, 0.1) is 12.7 Å². The van der Waals surface area contributed by atoms with Crippen molar-refractivity contribution in [2.24, 2.45) is 7.05 Å². The zero-order valence-corrected chi connectivity index (χ0v) is 13.7. The number of nitrogens with two attached hydrogens (primary N) is 2. The van der Waals surface area contributed by atoms with Gasteiger partial charge in [-0.1, -0.05) is 0 Å². The third-order valence-corrected chi connectivity index (χ3v) is 2.97. The van der Waals surface area contributed by atoms with Crippen molar-refractivity contribution in [3.63, 3.8) is 0 Å². The molecule has 114 valence electrons. The Morgan fingerprint density at radius 2 is 1.90 bits per heavy atom. The average Bonchev–Trinajstić information content (AvgIpc) is 2.70. The smallest absolute Gasteiger partial charge is 0.195 e. The van der Waals surface area contributed by atoms with E-state index in [2.05, 4.69) is 15.6 Å². The summed E-state index contributed by atoms with van der Waals surface area (Å²) in [5.74, 6) is 0. The van der Waals surface area contributed by atoms with Gasteiger partial charge >= 0.3 is 0 Å². The topological polar surface area (TPSA) is 60.8 Å². The van der Waals surface area contributed by atoms with E-state index in [1.165, 1.54) is 0 Å². The van der Waals surface area contributed by atoms with Crippen LogP contribution in [-0.4, -0.2) is 4.68 Å². The summed E-state index contributed by atoms with van der Waals surface area (Å²) in [5, 5.41) is 0. The summed E-state index contributed by atoms with van der Waals surface area (Å²) in [6.07, 6.45) is 6.11. The van der Waals surface area contributed by atoms with E-state index in [1.54, 1.807) is 0 Å². The Morgan fingerprint density at radius 3 is 2.50 bits per heavy atom. The molecule has 4 nitrogen and oxygen atoms in total. The van der Waals surface area contributed by atoms with E-state index < -0.39 is 0 Å². The van der Waals surface area contributed by atoms with Crippen molar-refractivity contribution in [2.75, 3.05) is 11.5 Å². The first kappa shape index (κ1) is 21.2. The molecule has 0 fully saturated rings. The Hall–Kier alpha value is -1.10. The number of nitrogens with zero attached hydrogens (tertiary/aromatic N) is 2. The standard InChI is InChI=1S/C13H19N4.3ClH/c1-16-7-3-9-17(16)8-2-4-11-10-12(14)5-6-13(11)15;;;/h3,5-7,9-10H,2,4,8,14-15H2,1H3;3*1H/q+1;;;/p-1. The number of rotatable bonds is 4. The van der Waals surface area contributed by atoms with E-state index in [4.69, 9.17) is 11.5 Å². The molecule has 20 heavy (non-hydrogen) atoms. The molecule has 1 heterocycles. The lowest BCUT2D eigenvalue weighted by Crippen LogP contribution is -3.00. The fourth-order valence-electron chi connectivity index (χ4n) is 1.96. The molecule has 7 heteroatoms. The van der Waals surface area contributed by atoms with Gasteiger partial charge in [-0.25, -0.2) is 0 Å².